The largest absolute Gasteiger partial charge is 0.368 e. The minimum Gasteiger partial charge on any atom is -0.368 e. The number of carbonyl (C=O) groups excluding carboxylic acids is 1. The molecule has 7 heteroatoms. The van der Waals surface area contributed by atoms with Crippen LogP contribution in [0, 0.1) is 6.92 Å². The van der Waals surface area contributed by atoms with E-state index in [2.05, 4.69) is 20.9 Å². The number of piperazine rings is 1. The van der Waals surface area contributed by atoms with Crippen LogP contribution in [0.1, 0.15) is 16.1 Å². The maximum atomic E-state index is 12.8. The highest BCUT2D eigenvalue weighted by molar-refractivity contribution is 7.17. The van der Waals surface area contributed by atoms with Gasteiger partial charge in [-0.1, -0.05) is 0 Å². The number of hydrogen-bond acceptors (Lipinski definition) is 6. The lowest BCUT2D eigenvalue weighted by molar-refractivity contribution is 0.0746. The van der Waals surface area contributed by atoms with Crippen LogP contribution in [0.25, 0.3) is 10.1 Å². The van der Waals surface area contributed by atoms with Crippen LogP contribution in [0.3, 0.4) is 0 Å². The second-order valence-corrected chi connectivity index (χ2v) is 7.13. The van der Waals surface area contributed by atoms with E-state index in [9.17, 15) is 4.79 Å². The molecule has 3 aromatic rings. The average molecular weight is 353 g/mol. The number of fused-ring (bicyclic) bond motifs is 1. The molecule has 1 aliphatic heterocycles. The Morgan fingerprint density at radius 1 is 1.12 bits per heavy atom. The normalized spacial score (nSPS) is 14.9. The summed E-state index contributed by atoms with van der Waals surface area (Å²) in [5.74, 6) is 1.21. The molecule has 0 unspecified atom stereocenters. The molecule has 6 nitrogen and oxygen atoms in total. The van der Waals surface area contributed by atoms with Gasteiger partial charge in [0.15, 0.2) is 0 Å². The van der Waals surface area contributed by atoms with E-state index >= 15 is 0 Å². The maximum absolute atomic E-state index is 12.8. The van der Waals surface area contributed by atoms with Gasteiger partial charge < -0.3 is 15.5 Å². The van der Waals surface area contributed by atoms with Gasteiger partial charge in [0.2, 0.25) is 5.95 Å². The smallest absolute Gasteiger partial charge is 0.253 e. The summed E-state index contributed by atoms with van der Waals surface area (Å²) >= 11 is 1.69. The highest BCUT2D eigenvalue weighted by Gasteiger charge is 2.23. The Bertz CT molecular complexity index is 910. The maximum Gasteiger partial charge on any atom is 0.253 e. The quantitative estimate of drug-likeness (QED) is 0.766. The molecule has 0 atom stereocenters. The van der Waals surface area contributed by atoms with E-state index in [0.29, 0.717) is 13.1 Å². The average Bonchev–Trinajstić information content (AvgIpc) is 3.08. The number of carbonyl (C=O) groups is 1. The fourth-order valence-electron chi connectivity index (χ4n) is 3.16. The van der Waals surface area contributed by atoms with E-state index in [0.717, 1.165) is 35.6 Å². The summed E-state index contributed by atoms with van der Waals surface area (Å²) in [5.41, 5.74) is 7.34. The van der Waals surface area contributed by atoms with Crippen molar-refractivity contribution in [3.05, 3.63) is 47.0 Å². The third kappa shape index (κ3) is 3.15. The molecule has 0 radical (unpaired) electrons. The SMILES string of the molecule is Cc1cc(N2CCN(C(=O)c3ccc4sccc4c3)CC2)nc(N)n1. The summed E-state index contributed by atoms with van der Waals surface area (Å²) in [7, 11) is 0. The van der Waals surface area contributed by atoms with Gasteiger partial charge >= 0.3 is 0 Å². The van der Waals surface area contributed by atoms with Gasteiger partial charge in [0.25, 0.3) is 5.91 Å². The Kier molecular flexibility index (Phi) is 4.01. The summed E-state index contributed by atoms with van der Waals surface area (Å²) in [6.45, 7) is 4.72. The third-order valence-electron chi connectivity index (χ3n) is 4.45. The van der Waals surface area contributed by atoms with Gasteiger partial charge in [-0.05, 0) is 42.0 Å². The first-order valence-electron chi connectivity index (χ1n) is 8.23. The van der Waals surface area contributed by atoms with Crippen LogP contribution >= 0.6 is 11.3 Å². The van der Waals surface area contributed by atoms with Crippen LogP contribution in [0.4, 0.5) is 11.8 Å². The second-order valence-electron chi connectivity index (χ2n) is 6.18. The number of aromatic nitrogens is 2. The van der Waals surface area contributed by atoms with Crippen LogP contribution in [-0.4, -0.2) is 47.0 Å². The van der Waals surface area contributed by atoms with Gasteiger partial charge in [-0.2, -0.15) is 4.98 Å². The molecule has 0 spiro atoms. The minimum absolute atomic E-state index is 0.0890. The Labute approximate surface area is 149 Å². The number of rotatable bonds is 2. The molecule has 0 aliphatic carbocycles. The molecule has 1 aromatic carbocycles. The van der Waals surface area contributed by atoms with Crippen molar-refractivity contribution in [1.82, 2.24) is 14.9 Å². The lowest BCUT2D eigenvalue weighted by Gasteiger charge is -2.35. The Hall–Kier alpha value is -2.67. The zero-order valence-electron chi connectivity index (χ0n) is 14.0. The van der Waals surface area contributed by atoms with Crippen molar-refractivity contribution < 1.29 is 4.79 Å². The highest BCUT2D eigenvalue weighted by atomic mass is 32.1. The third-order valence-corrected chi connectivity index (χ3v) is 5.35. The standard InChI is InChI=1S/C18H19N5OS/c1-12-10-16(21-18(19)20-12)22-5-7-23(8-6-22)17(24)14-2-3-15-13(11-14)4-9-25-15/h2-4,9-11H,5-8H2,1H3,(H2,19,20,21). The lowest BCUT2D eigenvalue weighted by atomic mass is 10.1. The number of anilines is 2. The number of amides is 1. The van der Waals surface area contributed by atoms with Crippen molar-refractivity contribution in [2.24, 2.45) is 0 Å². The van der Waals surface area contributed by atoms with Crippen LogP contribution in [0.5, 0.6) is 0 Å². The van der Waals surface area contributed by atoms with E-state index in [1.54, 1.807) is 11.3 Å². The number of thiophene rings is 1. The fourth-order valence-corrected chi connectivity index (χ4v) is 3.93. The molecule has 1 saturated heterocycles. The van der Waals surface area contributed by atoms with Crippen LogP contribution < -0.4 is 10.6 Å². The molecule has 4 rings (SSSR count). The monoisotopic (exact) mass is 353 g/mol. The van der Waals surface area contributed by atoms with Crippen molar-refractivity contribution in [2.45, 2.75) is 6.92 Å². The number of aryl methyl sites for hydroxylation is 1. The van der Waals surface area contributed by atoms with Gasteiger partial charge in [-0.25, -0.2) is 4.98 Å². The predicted octanol–water partition coefficient (Wildman–Crippen LogP) is 2.54. The van der Waals surface area contributed by atoms with Crippen molar-refractivity contribution in [3.63, 3.8) is 0 Å². The molecule has 25 heavy (non-hydrogen) atoms. The minimum atomic E-state index is 0.0890. The number of benzene rings is 1. The van der Waals surface area contributed by atoms with Crippen molar-refractivity contribution >= 4 is 39.1 Å². The number of nitrogens with two attached hydrogens (primary N) is 1. The number of nitrogen functional groups attached to an aromatic ring is 1. The van der Waals surface area contributed by atoms with Crippen molar-refractivity contribution in [1.29, 1.82) is 0 Å². The first-order valence-corrected chi connectivity index (χ1v) is 9.11. The Morgan fingerprint density at radius 2 is 1.92 bits per heavy atom. The summed E-state index contributed by atoms with van der Waals surface area (Å²) in [6, 6.07) is 9.90. The van der Waals surface area contributed by atoms with Gasteiger partial charge in [0, 0.05) is 48.2 Å². The Morgan fingerprint density at radius 3 is 2.68 bits per heavy atom. The molecule has 0 bridgehead atoms. The number of hydrogen-bond donors (Lipinski definition) is 1. The van der Waals surface area contributed by atoms with E-state index < -0.39 is 0 Å². The van der Waals surface area contributed by atoms with Crippen LogP contribution in [0.2, 0.25) is 0 Å². The zero-order chi connectivity index (χ0) is 17.4. The molecule has 1 amide bonds. The molecular formula is C18H19N5OS. The topological polar surface area (TPSA) is 75.3 Å². The van der Waals surface area contributed by atoms with E-state index in [4.69, 9.17) is 5.73 Å². The van der Waals surface area contributed by atoms with E-state index in [1.165, 1.54) is 4.70 Å². The molecule has 128 valence electrons. The fraction of sp³-hybridized carbons (Fsp3) is 0.278. The summed E-state index contributed by atoms with van der Waals surface area (Å²) in [6.07, 6.45) is 0. The first kappa shape index (κ1) is 15.8. The molecule has 2 N–H and O–H groups in total. The van der Waals surface area contributed by atoms with E-state index in [1.807, 2.05) is 41.5 Å². The second kappa shape index (κ2) is 6.33. The molecule has 1 aliphatic rings. The first-order chi connectivity index (χ1) is 12.1. The molecule has 0 saturated carbocycles. The summed E-state index contributed by atoms with van der Waals surface area (Å²) in [5, 5.41) is 3.18. The van der Waals surface area contributed by atoms with Gasteiger partial charge in [-0.3, -0.25) is 4.79 Å². The zero-order valence-corrected chi connectivity index (χ0v) is 14.8. The molecule has 3 heterocycles. The molecule has 2 aromatic heterocycles. The lowest BCUT2D eigenvalue weighted by Crippen LogP contribution is -2.49. The molecule has 1 fully saturated rings. The van der Waals surface area contributed by atoms with Gasteiger partial charge in [-0.15, -0.1) is 11.3 Å². The van der Waals surface area contributed by atoms with Crippen molar-refractivity contribution in [2.75, 3.05) is 36.8 Å². The van der Waals surface area contributed by atoms with E-state index in [-0.39, 0.29) is 11.9 Å². The van der Waals surface area contributed by atoms with Crippen LogP contribution in [0.15, 0.2) is 35.7 Å². The predicted molar refractivity (Wildman–Crippen MR) is 101 cm³/mol. The van der Waals surface area contributed by atoms with Gasteiger partial charge in [0.05, 0.1) is 0 Å². The summed E-state index contributed by atoms with van der Waals surface area (Å²) < 4.78 is 1.21. The summed E-state index contributed by atoms with van der Waals surface area (Å²) in [4.78, 5) is 25.2. The Balaban J connectivity index is 1.46. The van der Waals surface area contributed by atoms with Crippen molar-refractivity contribution in [3.8, 4) is 0 Å². The molecular weight excluding hydrogens is 334 g/mol. The van der Waals surface area contributed by atoms with Crippen LogP contribution in [-0.2, 0) is 0 Å². The number of nitrogens with zero attached hydrogens (tertiary/aromatic N) is 4. The highest BCUT2D eigenvalue weighted by Crippen LogP contribution is 2.23. The van der Waals surface area contributed by atoms with Gasteiger partial charge in [0.1, 0.15) is 5.82 Å².